The smallest absolute Gasteiger partial charge is 0.221 e. The van der Waals surface area contributed by atoms with Crippen LogP contribution in [-0.2, 0) is 4.79 Å². The van der Waals surface area contributed by atoms with E-state index >= 15 is 0 Å². The summed E-state index contributed by atoms with van der Waals surface area (Å²) in [5, 5.41) is 2.77. The number of hydrogen-bond donors (Lipinski definition) is 1. The van der Waals surface area contributed by atoms with Crippen molar-refractivity contribution in [2.75, 3.05) is 5.88 Å². The van der Waals surface area contributed by atoms with Gasteiger partial charge in [0.25, 0.3) is 0 Å². The Morgan fingerprint density at radius 1 is 1.77 bits per heavy atom. The van der Waals surface area contributed by atoms with E-state index in [1.54, 1.807) is 12.3 Å². The molecule has 1 aromatic heterocycles. The topological polar surface area (TPSA) is 42.2 Å². The number of rotatable bonds is 4. The molecular formula is C9H12ClNO2. The van der Waals surface area contributed by atoms with Gasteiger partial charge in [-0.25, -0.2) is 0 Å². The molecule has 1 rings (SSSR count). The maximum absolute atomic E-state index is 11.1. The van der Waals surface area contributed by atoms with Gasteiger partial charge in [0.15, 0.2) is 0 Å². The lowest BCUT2D eigenvalue weighted by Crippen LogP contribution is -2.26. The Morgan fingerprint density at radius 3 is 3.08 bits per heavy atom. The van der Waals surface area contributed by atoms with Crippen molar-refractivity contribution in [2.45, 2.75) is 19.4 Å². The highest BCUT2D eigenvalue weighted by Crippen LogP contribution is 2.11. The molecule has 72 valence electrons. The fourth-order valence-corrected chi connectivity index (χ4v) is 1.18. The number of nitrogens with one attached hydrogen (secondary N) is 1. The van der Waals surface area contributed by atoms with Crippen molar-refractivity contribution in [3.63, 3.8) is 0 Å². The molecule has 0 fully saturated rings. The highest BCUT2D eigenvalue weighted by Gasteiger charge is 2.10. The van der Waals surface area contributed by atoms with Crippen LogP contribution in [0.15, 0.2) is 22.8 Å². The summed E-state index contributed by atoms with van der Waals surface area (Å²) in [6, 6.07) is 3.52. The molecule has 0 saturated carbocycles. The molecule has 1 heterocycles. The molecule has 0 aliphatic heterocycles. The van der Waals surface area contributed by atoms with Crippen LogP contribution >= 0.6 is 11.6 Å². The molecule has 0 unspecified atom stereocenters. The number of halogens is 1. The van der Waals surface area contributed by atoms with E-state index in [-0.39, 0.29) is 11.9 Å². The van der Waals surface area contributed by atoms with E-state index in [4.69, 9.17) is 16.0 Å². The molecule has 1 N–H and O–H groups in total. The van der Waals surface area contributed by atoms with E-state index in [2.05, 4.69) is 5.32 Å². The average molecular weight is 202 g/mol. The fraction of sp³-hybridized carbons (Fsp3) is 0.444. The fourth-order valence-electron chi connectivity index (χ4n) is 1.01. The molecule has 3 nitrogen and oxygen atoms in total. The van der Waals surface area contributed by atoms with Gasteiger partial charge >= 0.3 is 0 Å². The second-order valence-electron chi connectivity index (χ2n) is 2.74. The maximum atomic E-state index is 11.1. The van der Waals surface area contributed by atoms with E-state index in [0.717, 1.165) is 5.76 Å². The Bertz CT molecular complexity index is 259. The molecule has 0 aliphatic carbocycles. The van der Waals surface area contributed by atoms with E-state index in [9.17, 15) is 4.79 Å². The minimum absolute atomic E-state index is 0.0566. The number of carbonyl (C=O) groups excluding carboxylic acids is 1. The molecule has 13 heavy (non-hydrogen) atoms. The molecule has 1 aromatic rings. The van der Waals surface area contributed by atoms with Gasteiger partial charge in [-0.05, 0) is 19.1 Å². The highest BCUT2D eigenvalue weighted by molar-refractivity contribution is 6.18. The Labute approximate surface area is 82.1 Å². The number of alkyl halides is 1. The van der Waals surface area contributed by atoms with E-state index in [1.807, 2.05) is 13.0 Å². The van der Waals surface area contributed by atoms with Crippen molar-refractivity contribution in [1.29, 1.82) is 0 Å². The highest BCUT2D eigenvalue weighted by atomic mass is 35.5. The minimum atomic E-state index is -0.0919. The second-order valence-corrected chi connectivity index (χ2v) is 3.12. The van der Waals surface area contributed by atoms with Gasteiger partial charge in [-0.15, -0.1) is 11.6 Å². The average Bonchev–Trinajstić information content (AvgIpc) is 2.55. The summed E-state index contributed by atoms with van der Waals surface area (Å²) in [4.78, 5) is 11.1. The van der Waals surface area contributed by atoms with Gasteiger partial charge in [-0.2, -0.15) is 0 Å². The lowest BCUT2D eigenvalue weighted by Gasteiger charge is -2.10. The van der Waals surface area contributed by atoms with E-state index in [0.29, 0.717) is 12.3 Å². The molecular weight excluding hydrogens is 190 g/mol. The monoisotopic (exact) mass is 201 g/mol. The van der Waals surface area contributed by atoms with Crippen LogP contribution in [0.1, 0.15) is 25.1 Å². The van der Waals surface area contributed by atoms with Crippen molar-refractivity contribution in [2.24, 2.45) is 0 Å². The zero-order valence-corrected chi connectivity index (χ0v) is 8.17. The summed E-state index contributed by atoms with van der Waals surface area (Å²) in [6.45, 7) is 1.87. The van der Waals surface area contributed by atoms with Gasteiger partial charge in [0, 0.05) is 12.3 Å². The zero-order chi connectivity index (χ0) is 9.68. The van der Waals surface area contributed by atoms with Crippen LogP contribution in [0.3, 0.4) is 0 Å². The lowest BCUT2D eigenvalue weighted by atomic mass is 10.2. The number of carbonyl (C=O) groups is 1. The van der Waals surface area contributed by atoms with Crippen LogP contribution in [0.4, 0.5) is 0 Å². The first-order valence-electron chi connectivity index (χ1n) is 4.12. The molecule has 0 bridgehead atoms. The van der Waals surface area contributed by atoms with Crippen molar-refractivity contribution < 1.29 is 9.21 Å². The Kier molecular flexibility index (Phi) is 3.83. The van der Waals surface area contributed by atoms with E-state index < -0.39 is 0 Å². The van der Waals surface area contributed by atoms with Gasteiger partial charge in [-0.1, -0.05) is 0 Å². The van der Waals surface area contributed by atoms with Crippen LogP contribution in [0.25, 0.3) is 0 Å². The SMILES string of the molecule is C[C@@H](NC(=O)CCCl)c1ccco1. The van der Waals surface area contributed by atoms with Crippen LogP contribution in [0, 0.1) is 0 Å². The van der Waals surface area contributed by atoms with Gasteiger partial charge in [-0.3, -0.25) is 4.79 Å². The Hall–Kier alpha value is -0.960. The molecule has 1 amide bonds. The Balaban J connectivity index is 2.42. The van der Waals surface area contributed by atoms with Crippen molar-refractivity contribution in [1.82, 2.24) is 5.32 Å². The third-order valence-corrected chi connectivity index (χ3v) is 1.86. The molecule has 1 atom stereocenters. The molecule has 0 saturated heterocycles. The van der Waals surface area contributed by atoms with E-state index in [1.165, 1.54) is 0 Å². The largest absolute Gasteiger partial charge is 0.467 e. The van der Waals surface area contributed by atoms with Crippen LogP contribution in [-0.4, -0.2) is 11.8 Å². The molecule has 0 radical (unpaired) electrons. The lowest BCUT2D eigenvalue weighted by molar-refractivity contribution is -0.121. The van der Waals surface area contributed by atoms with Gasteiger partial charge < -0.3 is 9.73 Å². The van der Waals surface area contributed by atoms with Crippen LogP contribution in [0.5, 0.6) is 0 Å². The van der Waals surface area contributed by atoms with Crippen molar-refractivity contribution in [3.8, 4) is 0 Å². The first-order chi connectivity index (χ1) is 6.24. The second kappa shape index (κ2) is 4.92. The molecule has 0 spiro atoms. The summed E-state index contributed by atoms with van der Waals surface area (Å²) in [5.41, 5.74) is 0. The summed E-state index contributed by atoms with van der Waals surface area (Å²) in [6.07, 6.45) is 1.92. The molecule has 0 aromatic carbocycles. The zero-order valence-electron chi connectivity index (χ0n) is 7.42. The van der Waals surface area contributed by atoms with Crippen molar-refractivity contribution >= 4 is 17.5 Å². The summed E-state index contributed by atoms with van der Waals surface area (Å²) >= 11 is 5.42. The molecule has 0 aliphatic rings. The minimum Gasteiger partial charge on any atom is -0.467 e. The molecule has 4 heteroatoms. The van der Waals surface area contributed by atoms with Gasteiger partial charge in [0.05, 0.1) is 12.3 Å². The maximum Gasteiger partial charge on any atom is 0.221 e. The first-order valence-corrected chi connectivity index (χ1v) is 4.66. The van der Waals surface area contributed by atoms with Crippen molar-refractivity contribution in [3.05, 3.63) is 24.2 Å². The van der Waals surface area contributed by atoms with Crippen LogP contribution in [0.2, 0.25) is 0 Å². The quantitative estimate of drug-likeness (QED) is 0.758. The number of furan rings is 1. The predicted molar refractivity (Wildman–Crippen MR) is 50.6 cm³/mol. The standard InChI is InChI=1S/C9H12ClNO2/c1-7(8-3-2-6-13-8)11-9(12)4-5-10/h2-3,6-7H,4-5H2,1H3,(H,11,12)/t7-/m1/s1. The predicted octanol–water partition coefficient (Wildman–Crippen LogP) is 2.09. The Morgan fingerprint density at radius 2 is 2.54 bits per heavy atom. The van der Waals surface area contributed by atoms with Gasteiger partial charge in [0.1, 0.15) is 5.76 Å². The summed E-state index contributed by atoms with van der Waals surface area (Å²) < 4.78 is 5.13. The summed E-state index contributed by atoms with van der Waals surface area (Å²) in [5.74, 6) is 1.04. The third kappa shape index (κ3) is 3.11. The number of hydrogen-bond acceptors (Lipinski definition) is 2. The summed E-state index contributed by atoms with van der Waals surface area (Å²) in [7, 11) is 0. The first kappa shape index (κ1) is 10.1. The third-order valence-electron chi connectivity index (χ3n) is 1.67. The van der Waals surface area contributed by atoms with Crippen LogP contribution < -0.4 is 5.32 Å². The number of amides is 1. The van der Waals surface area contributed by atoms with Gasteiger partial charge in [0.2, 0.25) is 5.91 Å². The normalized spacial score (nSPS) is 12.5.